The molecular formula is C13H19NOS. The monoisotopic (exact) mass is 237 g/mol. The molecule has 1 aromatic heterocycles. The molecule has 88 valence electrons. The Balaban J connectivity index is 2.17. The fourth-order valence-electron chi connectivity index (χ4n) is 2.68. The number of aryl methyl sites for hydroxylation is 1. The van der Waals surface area contributed by atoms with E-state index in [-0.39, 0.29) is 5.92 Å². The summed E-state index contributed by atoms with van der Waals surface area (Å²) in [5.41, 5.74) is 6.70. The van der Waals surface area contributed by atoms with Crippen LogP contribution in [0.4, 0.5) is 0 Å². The van der Waals surface area contributed by atoms with Crippen LogP contribution in [0.15, 0.2) is 11.4 Å². The van der Waals surface area contributed by atoms with Gasteiger partial charge in [-0.2, -0.15) is 0 Å². The van der Waals surface area contributed by atoms with E-state index in [0.717, 1.165) is 23.3 Å². The van der Waals surface area contributed by atoms with Crippen molar-refractivity contribution in [3.05, 3.63) is 21.9 Å². The van der Waals surface area contributed by atoms with Crippen LogP contribution in [0.5, 0.6) is 0 Å². The number of Topliss-reactive ketones (excluding diaryl/α,β-unsaturated/α-hetero) is 1. The zero-order valence-electron chi connectivity index (χ0n) is 9.74. The predicted molar refractivity (Wildman–Crippen MR) is 67.9 cm³/mol. The minimum atomic E-state index is 0.173. The van der Waals surface area contributed by atoms with Crippen molar-refractivity contribution < 1.29 is 4.79 Å². The van der Waals surface area contributed by atoms with Crippen molar-refractivity contribution in [2.45, 2.75) is 32.6 Å². The first-order valence-electron chi connectivity index (χ1n) is 6.02. The first-order valence-corrected chi connectivity index (χ1v) is 6.90. The van der Waals surface area contributed by atoms with Crippen molar-refractivity contribution in [2.75, 3.05) is 6.54 Å². The number of thiophene rings is 1. The number of rotatable bonds is 3. The molecule has 0 saturated heterocycles. The Morgan fingerprint density at radius 3 is 2.88 bits per heavy atom. The van der Waals surface area contributed by atoms with Gasteiger partial charge in [0, 0.05) is 16.4 Å². The molecular weight excluding hydrogens is 218 g/mol. The highest BCUT2D eigenvalue weighted by molar-refractivity contribution is 7.10. The van der Waals surface area contributed by atoms with E-state index in [1.165, 1.54) is 12.8 Å². The molecule has 2 unspecified atom stereocenters. The molecule has 0 aromatic carbocycles. The van der Waals surface area contributed by atoms with E-state index in [2.05, 4.69) is 0 Å². The molecule has 0 bridgehead atoms. The number of hydrogen-bond donors (Lipinski definition) is 1. The molecule has 0 spiro atoms. The van der Waals surface area contributed by atoms with Crippen molar-refractivity contribution in [1.29, 1.82) is 0 Å². The summed E-state index contributed by atoms with van der Waals surface area (Å²) in [4.78, 5) is 13.5. The smallest absolute Gasteiger partial charge is 0.167 e. The maximum absolute atomic E-state index is 12.4. The summed E-state index contributed by atoms with van der Waals surface area (Å²) in [5.74, 6) is 0.904. The second kappa shape index (κ2) is 5.11. The molecule has 0 amide bonds. The zero-order valence-corrected chi connectivity index (χ0v) is 10.6. The van der Waals surface area contributed by atoms with Crippen LogP contribution >= 0.6 is 11.3 Å². The van der Waals surface area contributed by atoms with E-state index in [1.54, 1.807) is 11.3 Å². The molecule has 16 heavy (non-hydrogen) atoms. The molecule has 1 aliphatic carbocycles. The van der Waals surface area contributed by atoms with Crippen LogP contribution in [-0.2, 0) is 0 Å². The molecule has 1 aromatic rings. The molecule has 1 heterocycles. The lowest BCUT2D eigenvalue weighted by Crippen LogP contribution is -2.32. The van der Waals surface area contributed by atoms with Crippen LogP contribution in [0.1, 0.15) is 40.9 Å². The number of hydrogen-bond acceptors (Lipinski definition) is 3. The quantitative estimate of drug-likeness (QED) is 0.821. The van der Waals surface area contributed by atoms with Crippen LogP contribution in [0.3, 0.4) is 0 Å². The Morgan fingerprint density at radius 2 is 2.25 bits per heavy atom. The van der Waals surface area contributed by atoms with E-state index >= 15 is 0 Å². The van der Waals surface area contributed by atoms with Gasteiger partial charge in [-0.15, -0.1) is 11.3 Å². The van der Waals surface area contributed by atoms with Crippen molar-refractivity contribution >= 4 is 17.1 Å². The van der Waals surface area contributed by atoms with Gasteiger partial charge in [0.1, 0.15) is 0 Å². The maximum Gasteiger partial charge on any atom is 0.167 e. The SMILES string of the molecule is Cc1sccc1C(=O)C1CCCCC1CN. The molecule has 2 rings (SSSR count). The lowest BCUT2D eigenvalue weighted by atomic mass is 9.75. The van der Waals surface area contributed by atoms with Gasteiger partial charge in [-0.3, -0.25) is 4.79 Å². The van der Waals surface area contributed by atoms with Crippen LogP contribution < -0.4 is 5.73 Å². The first kappa shape index (κ1) is 11.8. The van der Waals surface area contributed by atoms with Gasteiger partial charge in [-0.1, -0.05) is 12.8 Å². The van der Waals surface area contributed by atoms with Gasteiger partial charge in [0.2, 0.25) is 0 Å². The summed E-state index contributed by atoms with van der Waals surface area (Å²) in [5, 5.41) is 2.00. The molecule has 2 nitrogen and oxygen atoms in total. The molecule has 0 radical (unpaired) electrons. The third-order valence-electron chi connectivity index (χ3n) is 3.67. The van der Waals surface area contributed by atoms with Crippen molar-refractivity contribution in [1.82, 2.24) is 0 Å². The van der Waals surface area contributed by atoms with Crippen molar-refractivity contribution in [2.24, 2.45) is 17.6 Å². The van der Waals surface area contributed by atoms with Gasteiger partial charge < -0.3 is 5.73 Å². The lowest BCUT2D eigenvalue weighted by Gasteiger charge is -2.29. The highest BCUT2D eigenvalue weighted by Gasteiger charge is 2.31. The highest BCUT2D eigenvalue weighted by atomic mass is 32.1. The largest absolute Gasteiger partial charge is 0.330 e. The van der Waals surface area contributed by atoms with Crippen LogP contribution in [-0.4, -0.2) is 12.3 Å². The molecule has 0 aliphatic heterocycles. The summed E-state index contributed by atoms with van der Waals surface area (Å²) >= 11 is 1.65. The van der Waals surface area contributed by atoms with Gasteiger partial charge in [-0.25, -0.2) is 0 Å². The van der Waals surface area contributed by atoms with E-state index in [9.17, 15) is 4.79 Å². The molecule has 1 aliphatic rings. The lowest BCUT2D eigenvalue weighted by molar-refractivity contribution is 0.0829. The minimum absolute atomic E-state index is 0.173. The summed E-state index contributed by atoms with van der Waals surface area (Å²) < 4.78 is 0. The summed E-state index contributed by atoms with van der Waals surface area (Å²) in [6, 6.07) is 1.96. The first-order chi connectivity index (χ1) is 7.74. The second-order valence-corrected chi connectivity index (χ2v) is 5.76. The molecule has 3 heteroatoms. The van der Waals surface area contributed by atoms with Gasteiger partial charge in [-0.05, 0) is 43.7 Å². The molecule has 2 N–H and O–H groups in total. The standard InChI is InChI=1S/C13H19NOS/c1-9-11(6-7-16-9)13(15)12-5-3-2-4-10(12)8-14/h6-7,10,12H,2-5,8,14H2,1H3. The van der Waals surface area contributed by atoms with Gasteiger partial charge in [0.15, 0.2) is 5.78 Å². The number of ketones is 1. The third kappa shape index (κ3) is 2.20. The Morgan fingerprint density at radius 1 is 1.50 bits per heavy atom. The van der Waals surface area contributed by atoms with Crippen molar-refractivity contribution in [3.8, 4) is 0 Å². The van der Waals surface area contributed by atoms with Crippen LogP contribution in [0.2, 0.25) is 0 Å². The summed E-state index contributed by atoms with van der Waals surface area (Å²) in [6.45, 7) is 2.68. The van der Waals surface area contributed by atoms with Crippen LogP contribution in [0.25, 0.3) is 0 Å². The van der Waals surface area contributed by atoms with E-state index < -0.39 is 0 Å². The fraction of sp³-hybridized carbons (Fsp3) is 0.615. The van der Waals surface area contributed by atoms with E-state index in [1.807, 2.05) is 18.4 Å². The predicted octanol–water partition coefficient (Wildman–Crippen LogP) is 3.00. The Labute approximate surface area is 101 Å². The number of carbonyl (C=O) groups is 1. The minimum Gasteiger partial charge on any atom is -0.330 e. The van der Waals surface area contributed by atoms with Crippen LogP contribution in [0, 0.1) is 18.8 Å². The van der Waals surface area contributed by atoms with Gasteiger partial charge >= 0.3 is 0 Å². The summed E-state index contributed by atoms with van der Waals surface area (Å²) in [6.07, 6.45) is 4.55. The van der Waals surface area contributed by atoms with E-state index in [4.69, 9.17) is 5.73 Å². The van der Waals surface area contributed by atoms with Crippen molar-refractivity contribution in [3.63, 3.8) is 0 Å². The topological polar surface area (TPSA) is 43.1 Å². The Bertz CT molecular complexity index is 372. The Hall–Kier alpha value is -0.670. The zero-order chi connectivity index (χ0) is 11.5. The van der Waals surface area contributed by atoms with E-state index in [0.29, 0.717) is 18.2 Å². The van der Waals surface area contributed by atoms with Gasteiger partial charge in [0.05, 0.1) is 0 Å². The summed E-state index contributed by atoms with van der Waals surface area (Å²) in [7, 11) is 0. The Kier molecular flexibility index (Phi) is 3.77. The average Bonchev–Trinajstić information content (AvgIpc) is 2.74. The second-order valence-electron chi connectivity index (χ2n) is 4.64. The highest BCUT2D eigenvalue weighted by Crippen LogP contribution is 2.33. The third-order valence-corrected chi connectivity index (χ3v) is 4.52. The van der Waals surface area contributed by atoms with Gasteiger partial charge in [0.25, 0.3) is 0 Å². The molecule has 2 atom stereocenters. The number of nitrogens with two attached hydrogens (primary N) is 1. The average molecular weight is 237 g/mol. The molecule has 1 fully saturated rings. The maximum atomic E-state index is 12.4. The number of carbonyl (C=O) groups excluding carboxylic acids is 1. The fourth-order valence-corrected chi connectivity index (χ4v) is 3.38. The normalized spacial score (nSPS) is 25.6. The molecule has 1 saturated carbocycles.